The Labute approximate surface area is 195 Å². The van der Waals surface area contributed by atoms with Gasteiger partial charge in [-0.05, 0) is 57.5 Å². The summed E-state index contributed by atoms with van der Waals surface area (Å²) in [5.41, 5.74) is 7.50. The van der Waals surface area contributed by atoms with Crippen molar-refractivity contribution in [1.29, 1.82) is 0 Å². The zero-order chi connectivity index (χ0) is 23.2. The quantitative estimate of drug-likeness (QED) is 0.240. The number of nitrogens with one attached hydrogen (secondary N) is 1. The smallest absolute Gasteiger partial charge is 0.180 e. The van der Waals surface area contributed by atoms with E-state index in [9.17, 15) is 4.79 Å². The zero-order valence-electron chi connectivity index (χ0n) is 19.6. The Hall–Kier alpha value is -3.54. The minimum atomic E-state index is 0.320. The van der Waals surface area contributed by atoms with Crippen LogP contribution in [0.4, 0.5) is 0 Å². The first kappa shape index (κ1) is 22.6. The summed E-state index contributed by atoms with van der Waals surface area (Å²) in [5.74, 6) is 0.969. The number of hydrogen-bond acceptors (Lipinski definition) is 4. The molecule has 0 saturated carbocycles. The first-order chi connectivity index (χ1) is 16.1. The highest BCUT2D eigenvalue weighted by Gasteiger charge is 2.17. The molecule has 170 valence electrons. The molecule has 0 unspecified atom stereocenters. The number of carbonyl (C=O) groups excluding carboxylic acids is 1. The highest BCUT2D eigenvalue weighted by atomic mass is 16.1. The second-order valence-electron chi connectivity index (χ2n) is 8.78. The van der Waals surface area contributed by atoms with Gasteiger partial charge in [0.15, 0.2) is 12.1 Å². The maximum absolute atomic E-state index is 12.0. The van der Waals surface area contributed by atoms with Gasteiger partial charge in [0.05, 0.1) is 5.69 Å². The number of H-pyrrole nitrogens is 1. The maximum atomic E-state index is 12.0. The molecule has 0 amide bonds. The Balaban J connectivity index is 1.63. The van der Waals surface area contributed by atoms with Crippen molar-refractivity contribution < 1.29 is 4.79 Å². The molecule has 4 rings (SSSR count). The van der Waals surface area contributed by atoms with E-state index in [1.54, 1.807) is 0 Å². The summed E-state index contributed by atoms with van der Waals surface area (Å²) in [6.07, 6.45) is 5.55. The van der Waals surface area contributed by atoms with Gasteiger partial charge < -0.3 is 4.57 Å². The average Bonchev–Trinajstić information content (AvgIpc) is 3.48. The van der Waals surface area contributed by atoms with Gasteiger partial charge in [0, 0.05) is 17.8 Å². The Morgan fingerprint density at radius 3 is 2.42 bits per heavy atom. The molecule has 0 aliphatic rings. The molecule has 4 aromatic rings. The molecule has 0 aliphatic carbocycles. The van der Waals surface area contributed by atoms with Gasteiger partial charge in [-0.25, -0.2) is 5.10 Å². The largest absolute Gasteiger partial charge is 0.338 e. The number of unbranched alkanes of at least 4 members (excludes halogenated alkanes) is 2. The summed E-state index contributed by atoms with van der Waals surface area (Å²) in [6.45, 7) is 7.21. The van der Waals surface area contributed by atoms with Crippen molar-refractivity contribution in [3.8, 4) is 22.5 Å². The molecule has 6 heteroatoms. The molecule has 0 saturated heterocycles. The standard InChI is InChI=1S/C27H31N5O/c1-4-5-6-9-22-16-25(19(2)3)26(18-33)32(22)17-20-12-14-21(15-13-20)23-10-7-8-11-24(23)27-28-30-31-29-27/h7-8,10-16,18-19H,4-6,9,17H2,1-3H3,(H,28,29,30,31). The van der Waals surface area contributed by atoms with Crippen LogP contribution in [-0.2, 0) is 13.0 Å². The maximum Gasteiger partial charge on any atom is 0.180 e. The Bertz CT molecular complexity index is 1190. The average molecular weight is 442 g/mol. The molecule has 0 bridgehead atoms. The monoisotopic (exact) mass is 441 g/mol. The summed E-state index contributed by atoms with van der Waals surface area (Å²) >= 11 is 0. The number of tetrazole rings is 1. The van der Waals surface area contributed by atoms with Crippen LogP contribution in [-0.4, -0.2) is 31.5 Å². The van der Waals surface area contributed by atoms with E-state index in [2.05, 4.69) is 82.4 Å². The van der Waals surface area contributed by atoms with Crippen molar-refractivity contribution >= 4 is 6.29 Å². The Morgan fingerprint density at radius 2 is 1.79 bits per heavy atom. The van der Waals surface area contributed by atoms with E-state index in [4.69, 9.17) is 0 Å². The van der Waals surface area contributed by atoms with E-state index >= 15 is 0 Å². The van der Waals surface area contributed by atoms with Crippen molar-refractivity contribution in [2.45, 2.75) is 58.9 Å². The highest BCUT2D eigenvalue weighted by molar-refractivity contribution is 5.80. The second kappa shape index (κ2) is 10.4. The lowest BCUT2D eigenvalue weighted by molar-refractivity contribution is 0.111. The minimum Gasteiger partial charge on any atom is -0.338 e. The van der Waals surface area contributed by atoms with E-state index in [-0.39, 0.29) is 0 Å². The summed E-state index contributed by atoms with van der Waals surface area (Å²) in [7, 11) is 0. The Morgan fingerprint density at radius 1 is 1.03 bits per heavy atom. The number of hydrogen-bond donors (Lipinski definition) is 1. The SMILES string of the molecule is CCCCCc1cc(C(C)C)c(C=O)n1Cc1ccc(-c2ccccc2-c2nnn[nH]2)cc1. The van der Waals surface area contributed by atoms with Crippen molar-refractivity contribution in [2.24, 2.45) is 0 Å². The van der Waals surface area contributed by atoms with Crippen molar-refractivity contribution in [1.82, 2.24) is 25.2 Å². The predicted molar refractivity (Wildman–Crippen MR) is 131 cm³/mol. The van der Waals surface area contributed by atoms with E-state index < -0.39 is 0 Å². The lowest BCUT2D eigenvalue weighted by atomic mass is 9.98. The fourth-order valence-corrected chi connectivity index (χ4v) is 4.37. The topological polar surface area (TPSA) is 76.5 Å². The zero-order valence-corrected chi connectivity index (χ0v) is 19.6. The van der Waals surface area contributed by atoms with Gasteiger partial charge in [-0.2, -0.15) is 0 Å². The summed E-state index contributed by atoms with van der Waals surface area (Å²) in [6, 6.07) is 18.9. The van der Waals surface area contributed by atoms with Gasteiger partial charge >= 0.3 is 0 Å². The lowest BCUT2D eigenvalue weighted by Crippen LogP contribution is -2.09. The number of aryl methyl sites for hydroxylation is 1. The number of aromatic amines is 1. The fraction of sp³-hybridized carbons (Fsp3) is 0.333. The van der Waals surface area contributed by atoms with Crippen LogP contribution in [0, 0.1) is 0 Å². The number of benzene rings is 2. The second-order valence-corrected chi connectivity index (χ2v) is 8.78. The molecule has 2 heterocycles. The van der Waals surface area contributed by atoms with Crippen LogP contribution in [0.1, 0.15) is 73.3 Å². The van der Waals surface area contributed by atoms with Gasteiger partial charge in [-0.15, -0.1) is 5.10 Å². The van der Waals surface area contributed by atoms with Crippen LogP contribution in [0.3, 0.4) is 0 Å². The van der Waals surface area contributed by atoms with Crippen LogP contribution in [0.2, 0.25) is 0 Å². The summed E-state index contributed by atoms with van der Waals surface area (Å²) in [5, 5.41) is 14.3. The summed E-state index contributed by atoms with van der Waals surface area (Å²) in [4.78, 5) is 12.0. The molecule has 0 aliphatic heterocycles. The normalized spacial score (nSPS) is 11.3. The molecular formula is C27H31N5O. The predicted octanol–water partition coefficient (Wildman–Crippen LogP) is 6.05. The van der Waals surface area contributed by atoms with Crippen molar-refractivity contribution in [3.63, 3.8) is 0 Å². The first-order valence-corrected chi connectivity index (χ1v) is 11.7. The molecule has 2 aromatic heterocycles. The first-order valence-electron chi connectivity index (χ1n) is 11.7. The van der Waals surface area contributed by atoms with Crippen molar-refractivity contribution in [2.75, 3.05) is 0 Å². The van der Waals surface area contributed by atoms with Crippen LogP contribution < -0.4 is 0 Å². The van der Waals surface area contributed by atoms with Crippen LogP contribution in [0.5, 0.6) is 0 Å². The van der Waals surface area contributed by atoms with E-state index in [1.807, 2.05) is 18.2 Å². The molecule has 2 aromatic carbocycles. The van der Waals surface area contributed by atoms with Gasteiger partial charge in [0.2, 0.25) is 0 Å². The number of aldehydes is 1. The third-order valence-electron chi connectivity index (χ3n) is 6.16. The van der Waals surface area contributed by atoms with E-state index in [1.165, 1.54) is 24.1 Å². The number of aromatic nitrogens is 5. The van der Waals surface area contributed by atoms with Crippen LogP contribution in [0.15, 0.2) is 54.6 Å². The van der Waals surface area contributed by atoms with Gasteiger partial charge in [0.1, 0.15) is 0 Å². The third-order valence-corrected chi connectivity index (χ3v) is 6.16. The number of nitrogens with zero attached hydrogens (tertiary/aromatic N) is 4. The minimum absolute atomic E-state index is 0.320. The van der Waals surface area contributed by atoms with E-state index in [0.717, 1.165) is 47.1 Å². The molecule has 1 N–H and O–H groups in total. The van der Waals surface area contributed by atoms with Gasteiger partial charge in [-0.3, -0.25) is 4.79 Å². The van der Waals surface area contributed by atoms with Gasteiger partial charge in [-0.1, -0.05) is 82.1 Å². The molecule has 0 fully saturated rings. The Kier molecular flexibility index (Phi) is 7.13. The molecule has 6 nitrogen and oxygen atoms in total. The van der Waals surface area contributed by atoms with Crippen molar-refractivity contribution in [3.05, 3.63) is 77.1 Å². The number of rotatable bonds is 10. The third kappa shape index (κ3) is 4.95. The van der Waals surface area contributed by atoms with E-state index in [0.29, 0.717) is 18.3 Å². The van der Waals surface area contributed by atoms with Crippen LogP contribution in [0.25, 0.3) is 22.5 Å². The summed E-state index contributed by atoms with van der Waals surface area (Å²) < 4.78 is 2.21. The highest BCUT2D eigenvalue weighted by Crippen LogP contribution is 2.30. The number of carbonyl (C=O) groups is 1. The molecule has 0 radical (unpaired) electrons. The van der Waals surface area contributed by atoms with Gasteiger partial charge in [0.25, 0.3) is 0 Å². The van der Waals surface area contributed by atoms with Crippen LogP contribution >= 0.6 is 0 Å². The lowest BCUT2D eigenvalue weighted by Gasteiger charge is -2.13. The fourth-order valence-electron chi connectivity index (χ4n) is 4.37. The molecular weight excluding hydrogens is 410 g/mol. The molecule has 0 spiro atoms. The molecule has 33 heavy (non-hydrogen) atoms. The molecule has 0 atom stereocenters.